The maximum absolute atomic E-state index is 12.7. The fourth-order valence-electron chi connectivity index (χ4n) is 4.00. The normalized spacial score (nSPS) is 29.5. The number of nitrogens with zero attached hydrogens (tertiary/aromatic N) is 3. The van der Waals surface area contributed by atoms with Crippen molar-refractivity contribution in [3.8, 4) is 0 Å². The first-order valence-electron chi connectivity index (χ1n) is 9.58. The molecule has 6 nitrogen and oxygen atoms in total. The van der Waals surface area contributed by atoms with E-state index in [1.807, 2.05) is 0 Å². The van der Waals surface area contributed by atoms with Crippen LogP contribution < -0.4 is 5.32 Å². The summed E-state index contributed by atoms with van der Waals surface area (Å²) in [7, 11) is 0. The first-order valence-corrected chi connectivity index (χ1v) is 9.58. The van der Waals surface area contributed by atoms with Gasteiger partial charge >= 0.3 is 0 Å². The lowest BCUT2D eigenvalue weighted by molar-refractivity contribution is -0.139. The number of piperidine rings is 1. The van der Waals surface area contributed by atoms with Gasteiger partial charge in [0.25, 0.3) is 0 Å². The molecule has 24 heavy (non-hydrogen) atoms. The first kappa shape index (κ1) is 17.7. The summed E-state index contributed by atoms with van der Waals surface area (Å²) in [6.07, 6.45) is 5.75. The third-order valence-corrected chi connectivity index (χ3v) is 5.61. The van der Waals surface area contributed by atoms with Gasteiger partial charge in [0, 0.05) is 44.3 Å². The Kier molecular flexibility index (Phi) is 5.76. The van der Waals surface area contributed by atoms with Crippen molar-refractivity contribution < 1.29 is 9.59 Å². The minimum atomic E-state index is 0.151. The zero-order valence-corrected chi connectivity index (χ0v) is 15.2. The smallest absolute Gasteiger partial charge is 0.237 e. The van der Waals surface area contributed by atoms with Crippen LogP contribution in [0, 0.1) is 0 Å². The van der Waals surface area contributed by atoms with Crippen molar-refractivity contribution in [2.24, 2.45) is 0 Å². The van der Waals surface area contributed by atoms with Crippen molar-refractivity contribution >= 4 is 11.8 Å². The van der Waals surface area contributed by atoms with Crippen molar-refractivity contribution in [1.82, 2.24) is 20.0 Å². The molecule has 0 aromatic rings. The van der Waals surface area contributed by atoms with Gasteiger partial charge in [0.1, 0.15) is 0 Å². The van der Waals surface area contributed by atoms with Gasteiger partial charge in [-0.15, -0.1) is 0 Å². The van der Waals surface area contributed by atoms with E-state index in [0.29, 0.717) is 31.2 Å². The second-order valence-electron chi connectivity index (χ2n) is 7.82. The number of amides is 2. The van der Waals surface area contributed by atoms with Crippen LogP contribution in [0.1, 0.15) is 46.0 Å². The van der Waals surface area contributed by atoms with E-state index in [9.17, 15) is 9.59 Å². The Hall–Kier alpha value is -1.14. The second-order valence-corrected chi connectivity index (χ2v) is 7.82. The van der Waals surface area contributed by atoms with Crippen LogP contribution in [0.15, 0.2) is 0 Å². The van der Waals surface area contributed by atoms with Crippen LogP contribution in [0.3, 0.4) is 0 Å². The summed E-state index contributed by atoms with van der Waals surface area (Å²) in [4.78, 5) is 31.1. The van der Waals surface area contributed by atoms with Crippen LogP contribution in [0.2, 0.25) is 0 Å². The highest BCUT2D eigenvalue weighted by Crippen LogP contribution is 2.23. The zero-order chi connectivity index (χ0) is 17.1. The molecule has 0 aromatic carbocycles. The van der Waals surface area contributed by atoms with Gasteiger partial charge in [0.15, 0.2) is 0 Å². The van der Waals surface area contributed by atoms with Crippen LogP contribution in [-0.4, -0.2) is 83.9 Å². The van der Waals surface area contributed by atoms with Crippen molar-refractivity contribution in [2.75, 3.05) is 39.3 Å². The molecule has 0 aromatic heterocycles. The van der Waals surface area contributed by atoms with Gasteiger partial charge in [-0.25, -0.2) is 0 Å². The first-order chi connectivity index (χ1) is 11.5. The molecule has 1 aliphatic carbocycles. The monoisotopic (exact) mass is 336 g/mol. The number of piperazine rings is 1. The van der Waals surface area contributed by atoms with Gasteiger partial charge in [-0.2, -0.15) is 0 Å². The molecule has 6 heteroatoms. The molecule has 3 rings (SSSR count). The summed E-state index contributed by atoms with van der Waals surface area (Å²) in [6, 6.07) is 1.17. The molecule has 0 bridgehead atoms. The number of hydrogen-bond donors (Lipinski definition) is 1. The predicted octanol–water partition coefficient (Wildman–Crippen LogP) is 0.672. The van der Waals surface area contributed by atoms with E-state index >= 15 is 0 Å². The number of carbonyl (C=O) groups excluding carboxylic acids is 2. The summed E-state index contributed by atoms with van der Waals surface area (Å²) in [5.74, 6) is 0.424. The molecule has 2 amide bonds. The topological polar surface area (TPSA) is 55.9 Å². The lowest BCUT2D eigenvalue weighted by atomic mass is 9.97. The molecule has 2 atom stereocenters. The van der Waals surface area contributed by atoms with Gasteiger partial charge in [-0.05, 0) is 46.0 Å². The van der Waals surface area contributed by atoms with Crippen LogP contribution in [-0.2, 0) is 9.59 Å². The van der Waals surface area contributed by atoms with Crippen LogP contribution in [0.5, 0.6) is 0 Å². The van der Waals surface area contributed by atoms with E-state index in [1.165, 1.54) is 6.42 Å². The van der Waals surface area contributed by atoms with E-state index in [-0.39, 0.29) is 11.8 Å². The van der Waals surface area contributed by atoms with Crippen LogP contribution >= 0.6 is 0 Å². The maximum atomic E-state index is 12.7. The number of carbonyl (C=O) groups is 2. The minimum Gasteiger partial charge on any atom is -0.352 e. The van der Waals surface area contributed by atoms with Crippen LogP contribution in [0.4, 0.5) is 0 Å². The Bertz CT molecular complexity index is 448. The molecular weight excluding hydrogens is 304 g/mol. The molecule has 2 heterocycles. The maximum Gasteiger partial charge on any atom is 0.237 e. The van der Waals surface area contributed by atoms with E-state index in [1.54, 1.807) is 0 Å². The molecule has 0 spiro atoms. The molecular formula is C18H32N4O2. The third kappa shape index (κ3) is 4.70. The Morgan fingerprint density at radius 3 is 1.96 bits per heavy atom. The molecule has 136 valence electrons. The van der Waals surface area contributed by atoms with E-state index in [4.69, 9.17) is 0 Å². The standard InChI is InChI=1S/C18H32N4O2/c1-14-4-3-5-15(2)22(14)18(24)13-21-10-8-20(9-11-21)12-17(23)19-16-6-7-16/h14-16H,3-13H2,1-2H3,(H,19,23). The number of likely N-dealkylation sites (tertiary alicyclic amines) is 1. The fraction of sp³-hybridized carbons (Fsp3) is 0.889. The average Bonchev–Trinajstić information content (AvgIpc) is 3.33. The fourth-order valence-corrected chi connectivity index (χ4v) is 4.00. The largest absolute Gasteiger partial charge is 0.352 e. The Balaban J connectivity index is 1.39. The zero-order valence-electron chi connectivity index (χ0n) is 15.2. The van der Waals surface area contributed by atoms with Crippen molar-refractivity contribution in [3.05, 3.63) is 0 Å². The number of hydrogen-bond acceptors (Lipinski definition) is 4. The van der Waals surface area contributed by atoms with Gasteiger partial charge < -0.3 is 10.2 Å². The van der Waals surface area contributed by atoms with E-state index in [2.05, 4.69) is 33.9 Å². The van der Waals surface area contributed by atoms with E-state index < -0.39 is 0 Å². The molecule has 0 radical (unpaired) electrons. The summed E-state index contributed by atoms with van der Waals surface area (Å²) in [5, 5.41) is 3.04. The summed E-state index contributed by atoms with van der Waals surface area (Å²) < 4.78 is 0. The van der Waals surface area contributed by atoms with Gasteiger partial charge in [-0.1, -0.05) is 0 Å². The highest BCUT2D eigenvalue weighted by Gasteiger charge is 2.31. The predicted molar refractivity (Wildman–Crippen MR) is 93.7 cm³/mol. The summed E-state index contributed by atoms with van der Waals surface area (Å²) in [6.45, 7) is 8.86. The van der Waals surface area contributed by atoms with Crippen molar-refractivity contribution in [3.63, 3.8) is 0 Å². The molecule has 2 saturated heterocycles. The number of rotatable bonds is 5. The second kappa shape index (κ2) is 7.83. The van der Waals surface area contributed by atoms with Crippen LogP contribution in [0.25, 0.3) is 0 Å². The average molecular weight is 336 g/mol. The summed E-state index contributed by atoms with van der Waals surface area (Å²) >= 11 is 0. The van der Waals surface area contributed by atoms with Gasteiger partial charge in [-0.3, -0.25) is 19.4 Å². The Morgan fingerprint density at radius 1 is 0.875 bits per heavy atom. The van der Waals surface area contributed by atoms with Crippen molar-refractivity contribution in [1.29, 1.82) is 0 Å². The summed E-state index contributed by atoms with van der Waals surface area (Å²) in [5.41, 5.74) is 0. The van der Waals surface area contributed by atoms with E-state index in [0.717, 1.165) is 51.9 Å². The highest BCUT2D eigenvalue weighted by molar-refractivity contribution is 5.79. The quantitative estimate of drug-likeness (QED) is 0.802. The molecule has 1 N–H and O–H groups in total. The SMILES string of the molecule is CC1CCCC(C)N1C(=O)CN1CCN(CC(=O)NC2CC2)CC1. The Morgan fingerprint density at radius 2 is 1.42 bits per heavy atom. The third-order valence-electron chi connectivity index (χ3n) is 5.61. The van der Waals surface area contributed by atoms with Crippen molar-refractivity contribution in [2.45, 2.75) is 64.1 Å². The Labute approximate surface area is 145 Å². The van der Waals surface area contributed by atoms with Gasteiger partial charge in [0.2, 0.25) is 11.8 Å². The minimum absolute atomic E-state index is 0.151. The number of nitrogens with one attached hydrogen (secondary N) is 1. The molecule has 2 aliphatic heterocycles. The lowest BCUT2D eigenvalue weighted by Crippen LogP contribution is -2.55. The van der Waals surface area contributed by atoms with Gasteiger partial charge in [0.05, 0.1) is 13.1 Å². The highest BCUT2D eigenvalue weighted by atomic mass is 16.2. The lowest BCUT2D eigenvalue weighted by Gasteiger charge is -2.41. The molecule has 2 unspecified atom stereocenters. The molecule has 3 aliphatic rings. The molecule has 3 fully saturated rings. The molecule has 1 saturated carbocycles.